The van der Waals surface area contributed by atoms with Gasteiger partial charge in [-0.1, -0.05) is 30.3 Å². The van der Waals surface area contributed by atoms with Gasteiger partial charge in [0.2, 0.25) is 11.6 Å². The summed E-state index contributed by atoms with van der Waals surface area (Å²) in [6.45, 7) is 0. The molecule has 0 amide bonds. The lowest BCUT2D eigenvalue weighted by atomic mass is 9.99. The van der Waals surface area contributed by atoms with Crippen molar-refractivity contribution in [2.45, 2.75) is 0 Å². The predicted molar refractivity (Wildman–Crippen MR) is 77.2 cm³/mol. The average Bonchev–Trinajstić information content (AvgIpc) is 2.54. The Morgan fingerprint density at radius 1 is 1.05 bits per heavy atom. The molecular weight excluding hydrogens is 286 g/mol. The van der Waals surface area contributed by atoms with Gasteiger partial charge in [0.1, 0.15) is 22.8 Å². The SMILES string of the molecule is COC1=C(N)C(=O)c2nc(-c3ccccc3)c(=O)[nH]c2C1=O. The van der Waals surface area contributed by atoms with E-state index in [0.717, 1.165) is 0 Å². The Kier molecular flexibility index (Phi) is 3.10. The second-order valence-electron chi connectivity index (χ2n) is 4.61. The average molecular weight is 297 g/mol. The molecule has 0 spiro atoms. The number of nitrogens with one attached hydrogen (secondary N) is 1. The number of hydrogen-bond donors (Lipinski definition) is 2. The standard InChI is InChI=1S/C15H11N3O4/c1-22-14-8(16)12(19)10-11(13(14)20)18-15(21)9(17-10)7-5-3-2-4-6-7/h2-6H,16H2,1H3,(H,18,21). The van der Waals surface area contributed by atoms with Crippen LogP contribution in [0, 0.1) is 0 Å². The zero-order chi connectivity index (χ0) is 15.9. The topological polar surface area (TPSA) is 115 Å². The van der Waals surface area contributed by atoms with Crippen LogP contribution in [0.15, 0.2) is 46.6 Å². The molecule has 0 aliphatic heterocycles. The number of methoxy groups -OCH3 is 1. The molecule has 0 bridgehead atoms. The summed E-state index contributed by atoms with van der Waals surface area (Å²) < 4.78 is 4.83. The van der Waals surface area contributed by atoms with Gasteiger partial charge in [0.25, 0.3) is 5.56 Å². The molecule has 7 nitrogen and oxygen atoms in total. The number of aromatic amines is 1. The first kappa shape index (κ1) is 13.7. The van der Waals surface area contributed by atoms with Gasteiger partial charge in [0, 0.05) is 5.56 Å². The predicted octanol–water partition coefficient (Wildman–Crippen LogP) is 0.633. The van der Waals surface area contributed by atoms with Gasteiger partial charge in [-0.25, -0.2) is 4.98 Å². The van der Waals surface area contributed by atoms with Gasteiger partial charge in [-0.15, -0.1) is 0 Å². The maximum atomic E-state index is 12.2. The van der Waals surface area contributed by atoms with Gasteiger partial charge < -0.3 is 15.5 Å². The van der Waals surface area contributed by atoms with E-state index in [1.54, 1.807) is 30.3 Å². The first-order valence-corrected chi connectivity index (χ1v) is 6.37. The number of ketones is 2. The molecule has 0 saturated carbocycles. The minimum Gasteiger partial charge on any atom is -0.491 e. The second kappa shape index (κ2) is 4.96. The Hall–Kier alpha value is -3.22. The molecular formula is C15H11N3O4. The number of carbonyl (C=O) groups excluding carboxylic acids is 2. The number of fused-ring (bicyclic) bond motifs is 1. The number of benzene rings is 1. The van der Waals surface area contributed by atoms with Crippen LogP contribution in [-0.4, -0.2) is 28.6 Å². The van der Waals surface area contributed by atoms with E-state index in [9.17, 15) is 14.4 Å². The van der Waals surface area contributed by atoms with Gasteiger partial charge in [-0.05, 0) is 0 Å². The van der Waals surface area contributed by atoms with Gasteiger partial charge in [-0.3, -0.25) is 14.4 Å². The summed E-state index contributed by atoms with van der Waals surface area (Å²) in [5.41, 5.74) is 4.93. The van der Waals surface area contributed by atoms with Crippen molar-refractivity contribution in [1.29, 1.82) is 0 Å². The number of rotatable bonds is 2. The molecule has 110 valence electrons. The van der Waals surface area contributed by atoms with E-state index in [0.29, 0.717) is 5.56 Å². The highest BCUT2D eigenvalue weighted by atomic mass is 16.5. The highest BCUT2D eigenvalue weighted by molar-refractivity contribution is 6.24. The summed E-state index contributed by atoms with van der Waals surface area (Å²) in [5.74, 6) is -1.61. The Balaban J connectivity index is 2.25. The molecule has 0 atom stereocenters. The van der Waals surface area contributed by atoms with Crippen LogP contribution in [0.3, 0.4) is 0 Å². The quantitative estimate of drug-likeness (QED) is 0.840. The summed E-state index contributed by atoms with van der Waals surface area (Å²) in [6, 6.07) is 8.62. The van der Waals surface area contributed by atoms with Gasteiger partial charge in [-0.2, -0.15) is 0 Å². The molecule has 1 aromatic heterocycles. The maximum absolute atomic E-state index is 12.2. The fourth-order valence-electron chi connectivity index (χ4n) is 2.24. The number of hydrogen-bond acceptors (Lipinski definition) is 6. The molecule has 22 heavy (non-hydrogen) atoms. The third-order valence-electron chi connectivity index (χ3n) is 3.30. The van der Waals surface area contributed by atoms with Crippen LogP contribution in [0.1, 0.15) is 21.0 Å². The van der Waals surface area contributed by atoms with Gasteiger partial charge in [0.15, 0.2) is 5.76 Å². The summed E-state index contributed by atoms with van der Waals surface area (Å²) >= 11 is 0. The fourth-order valence-corrected chi connectivity index (χ4v) is 2.24. The molecule has 2 aromatic rings. The minimum absolute atomic E-state index is 0.0502. The Labute approximate surface area is 124 Å². The summed E-state index contributed by atoms with van der Waals surface area (Å²) in [7, 11) is 1.22. The second-order valence-corrected chi connectivity index (χ2v) is 4.61. The van der Waals surface area contributed by atoms with E-state index in [1.165, 1.54) is 7.11 Å². The maximum Gasteiger partial charge on any atom is 0.275 e. The zero-order valence-corrected chi connectivity index (χ0v) is 11.5. The zero-order valence-electron chi connectivity index (χ0n) is 11.5. The van der Waals surface area contributed by atoms with Crippen LogP contribution < -0.4 is 11.3 Å². The molecule has 0 fully saturated rings. The highest BCUT2D eigenvalue weighted by Crippen LogP contribution is 2.22. The minimum atomic E-state index is -0.668. The van der Waals surface area contributed by atoms with E-state index in [4.69, 9.17) is 10.5 Å². The van der Waals surface area contributed by atoms with Crippen LogP contribution >= 0.6 is 0 Å². The van der Waals surface area contributed by atoms with Crippen molar-refractivity contribution in [1.82, 2.24) is 9.97 Å². The van der Waals surface area contributed by atoms with Crippen molar-refractivity contribution in [3.05, 3.63) is 63.5 Å². The van der Waals surface area contributed by atoms with Crippen LogP contribution in [0.2, 0.25) is 0 Å². The molecule has 1 aliphatic carbocycles. The number of aromatic nitrogens is 2. The number of Topliss-reactive ketones (excluding diaryl/α,β-unsaturated/α-hetero) is 2. The van der Waals surface area contributed by atoms with E-state index in [1.807, 2.05) is 0 Å². The molecule has 0 radical (unpaired) electrons. The van der Waals surface area contributed by atoms with Crippen molar-refractivity contribution in [2.75, 3.05) is 7.11 Å². The van der Waals surface area contributed by atoms with Crippen LogP contribution in [0.4, 0.5) is 0 Å². The Morgan fingerprint density at radius 2 is 1.73 bits per heavy atom. The molecule has 3 rings (SSSR count). The number of nitrogens with two attached hydrogens (primary N) is 1. The van der Waals surface area contributed by atoms with Crippen molar-refractivity contribution in [3.8, 4) is 11.3 Å². The van der Waals surface area contributed by atoms with Crippen LogP contribution in [-0.2, 0) is 4.74 Å². The molecule has 1 aliphatic rings. The Bertz CT molecular complexity index is 881. The normalized spacial score (nSPS) is 14.0. The summed E-state index contributed by atoms with van der Waals surface area (Å²) in [6.07, 6.45) is 0. The summed E-state index contributed by atoms with van der Waals surface area (Å²) in [4.78, 5) is 43.0. The van der Waals surface area contributed by atoms with E-state index >= 15 is 0 Å². The van der Waals surface area contributed by atoms with E-state index in [2.05, 4.69) is 9.97 Å². The number of nitrogens with zero attached hydrogens (tertiary/aromatic N) is 1. The smallest absolute Gasteiger partial charge is 0.275 e. The third kappa shape index (κ3) is 1.91. The number of ether oxygens (including phenoxy) is 1. The first-order chi connectivity index (χ1) is 10.5. The van der Waals surface area contributed by atoms with Crippen LogP contribution in [0.25, 0.3) is 11.3 Å². The lowest BCUT2D eigenvalue weighted by Gasteiger charge is -2.16. The highest BCUT2D eigenvalue weighted by Gasteiger charge is 2.35. The third-order valence-corrected chi connectivity index (χ3v) is 3.30. The fraction of sp³-hybridized carbons (Fsp3) is 0.0667. The largest absolute Gasteiger partial charge is 0.491 e. The lowest BCUT2D eigenvalue weighted by Crippen LogP contribution is -2.32. The summed E-state index contributed by atoms with van der Waals surface area (Å²) in [5, 5.41) is 0. The molecule has 1 aromatic carbocycles. The number of H-pyrrole nitrogens is 1. The van der Waals surface area contributed by atoms with E-state index in [-0.39, 0.29) is 28.5 Å². The molecule has 3 N–H and O–H groups in total. The first-order valence-electron chi connectivity index (χ1n) is 6.37. The van der Waals surface area contributed by atoms with Crippen molar-refractivity contribution in [3.63, 3.8) is 0 Å². The molecule has 0 saturated heterocycles. The van der Waals surface area contributed by atoms with Gasteiger partial charge in [0.05, 0.1) is 7.11 Å². The number of allylic oxidation sites excluding steroid dienone is 2. The molecule has 1 heterocycles. The number of carbonyl (C=O) groups is 2. The van der Waals surface area contributed by atoms with Crippen LogP contribution in [0.5, 0.6) is 0 Å². The van der Waals surface area contributed by atoms with E-state index < -0.39 is 17.1 Å². The Morgan fingerprint density at radius 3 is 2.36 bits per heavy atom. The molecule has 0 unspecified atom stereocenters. The van der Waals surface area contributed by atoms with Gasteiger partial charge >= 0.3 is 0 Å². The molecule has 7 heteroatoms. The monoisotopic (exact) mass is 297 g/mol. The van der Waals surface area contributed by atoms with Crippen molar-refractivity contribution < 1.29 is 14.3 Å². The lowest BCUT2D eigenvalue weighted by molar-refractivity contribution is 0.0896. The van der Waals surface area contributed by atoms with Crippen molar-refractivity contribution >= 4 is 11.6 Å². The van der Waals surface area contributed by atoms with Crippen molar-refractivity contribution in [2.24, 2.45) is 5.73 Å².